The second-order valence-corrected chi connectivity index (χ2v) is 19.9. The number of ether oxygens (including phenoxy) is 1. The summed E-state index contributed by atoms with van der Waals surface area (Å²) in [7, 11) is -5.89. The van der Waals surface area contributed by atoms with E-state index in [4.69, 9.17) is 29.9 Å². The van der Waals surface area contributed by atoms with Crippen LogP contribution >= 0.6 is 0 Å². The third-order valence-electron chi connectivity index (χ3n) is 7.71. The van der Waals surface area contributed by atoms with Gasteiger partial charge in [-0.05, 0) is 22.2 Å². The van der Waals surface area contributed by atoms with Gasteiger partial charge in [-0.25, -0.2) is 15.0 Å². The summed E-state index contributed by atoms with van der Waals surface area (Å²) in [5.41, 5.74) is 5.80. The number of terminal acetylenes is 1. The Labute approximate surface area is 215 Å². The van der Waals surface area contributed by atoms with Crippen LogP contribution in [0.2, 0.25) is 22.2 Å². The number of hydrogen-bond donors (Lipinski definition) is 2. The molecule has 2 saturated heterocycles. The van der Waals surface area contributed by atoms with E-state index in [2.05, 4.69) is 76.3 Å². The minimum atomic E-state index is -3.10. The Morgan fingerprint density at radius 1 is 1.06 bits per heavy atom. The number of nitrogens with two attached hydrogens (primary N) is 1. The SMILES string of the molecule is C#C[C@@]12O[Si](C(C)C)(C(C)C)O[Si](C(C)C)(C(C)C)OC[C@H]1O[C@@H](n1cnc3c(N)ncnc31)[C@@H]2O. The number of aromatic nitrogens is 4. The fourth-order valence-corrected chi connectivity index (χ4v) is 16.9. The van der Waals surface area contributed by atoms with E-state index in [1.807, 2.05) is 0 Å². The fraction of sp³-hybridized carbons (Fsp3) is 0.708. The van der Waals surface area contributed by atoms with Gasteiger partial charge >= 0.3 is 17.1 Å². The minimum absolute atomic E-state index is 0.0438. The summed E-state index contributed by atoms with van der Waals surface area (Å²) < 4.78 is 29.2. The van der Waals surface area contributed by atoms with Crippen molar-refractivity contribution < 1.29 is 22.8 Å². The molecular formula is C24H39N5O5Si2. The largest absolute Gasteiger partial charge is 0.414 e. The second-order valence-electron chi connectivity index (χ2n) is 11.1. The van der Waals surface area contributed by atoms with Gasteiger partial charge in [-0.2, -0.15) is 0 Å². The minimum Gasteiger partial charge on any atom is -0.414 e. The highest BCUT2D eigenvalue weighted by Crippen LogP contribution is 2.51. The summed E-state index contributed by atoms with van der Waals surface area (Å²) in [6.45, 7) is 17.2. The first kappa shape index (κ1) is 27.2. The van der Waals surface area contributed by atoms with Crippen LogP contribution in [0, 0.1) is 12.3 Å². The molecule has 0 aromatic carbocycles. The van der Waals surface area contributed by atoms with Crippen molar-refractivity contribution in [1.29, 1.82) is 0 Å². The van der Waals surface area contributed by atoms with Gasteiger partial charge in [0.2, 0.25) is 0 Å². The molecule has 4 heterocycles. The van der Waals surface area contributed by atoms with Crippen LogP contribution in [0.15, 0.2) is 12.7 Å². The Hall–Kier alpha value is -1.86. The maximum Gasteiger partial charge on any atom is 0.336 e. The highest BCUT2D eigenvalue weighted by atomic mass is 28.5. The lowest BCUT2D eigenvalue weighted by atomic mass is 9.93. The lowest BCUT2D eigenvalue weighted by Crippen LogP contribution is -2.69. The zero-order valence-corrected chi connectivity index (χ0v) is 24.4. The number of imidazole rings is 1. The van der Waals surface area contributed by atoms with Gasteiger partial charge in [-0.15, -0.1) is 6.42 Å². The van der Waals surface area contributed by atoms with Gasteiger partial charge in [0.15, 0.2) is 23.3 Å². The molecular weight excluding hydrogens is 494 g/mol. The van der Waals surface area contributed by atoms with Crippen molar-refractivity contribution in [3.63, 3.8) is 0 Å². The van der Waals surface area contributed by atoms with Crippen molar-refractivity contribution in [2.45, 2.75) is 102 Å². The smallest absolute Gasteiger partial charge is 0.336 e. The summed E-state index contributed by atoms with van der Waals surface area (Å²) in [6.07, 6.45) is 6.20. The Morgan fingerprint density at radius 2 is 1.67 bits per heavy atom. The average molecular weight is 534 g/mol. The molecule has 2 aliphatic heterocycles. The number of anilines is 1. The third-order valence-corrected chi connectivity index (χ3v) is 18.0. The van der Waals surface area contributed by atoms with E-state index in [1.165, 1.54) is 12.7 Å². The molecule has 0 spiro atoms. The fourth-order valence-electron chi connectivity index (χ4n) is 5.66. The van der Waals surface area contributed by atoms with Crippen LogP contribution in [-0.2, 0) is 17.7 Å². The van der Waals surface area contributed by atoms with Crippen molar-refractivity contribution in [3.05, 3.63) is 12.7 Å². The van der Waals surface area contributed by atoms with Crippen molar-refractivity contribution in [2.75, 3.05) is 12.3 Å². The van der Waals surface area contributed by atoms with Crippen molar-refractivity contribution in [2.24, 2.45) is 0 Å². The molecule has 2 aromatic heterocycles. The molecule has 198 valence electrons. The predicted molar refractivity (Wildman–Crippen MR) is 141 cm³/mol. The lowest BCUT2D eigenvalue weighted by molar-refractivity contribution is -0.0747. The van der Waals surface area contributed by atoms with E-state index >= 15 is 0 Å². The van der Waals surface area contributed by atoms with E-state index < -0.39 is 41.2 Å². The Kier molecular flexibility index (Phi) is 7.15. The maximum atomic E-state index is 11.8. The number of rotatable bonds is 5. The number of nitrogen functional groups attached to an aromatic ring is 1. The molecule has 2 aliphatic rings. The van der Waals surface area contributed by atoms with E-state index in [0.29, 0.717) is 11.2 Å². The molecule has 0 radical (unpaired) electrons. The monoisotopic (exact) mass is 533 g/mol. The number of hydrogen-bond acceptors (Lipinski definition) is 9. The van der Waals surface area contributed by atoms with E-state index in [-0.39, 0.29) is 34.6 Å². The highest BCUT2D eigenvalue weighted by Gasteiger charge is 2.67. The van der Waals surface area contributed by atoms with Gasteiger partial charge in [0.05, 0.1) is 12.9 Å². The molecule has 4 rings (SSSR count). The zero-order valence-electron chi connectivity index (χ0n) is 22.4. The molecule has 0 unspecified atom stereocenters. The van der Waals surface area contributed by atoms with Crippen molar-refractivity contribution >= 4 is 34.1 Å². The standard InChI is InChI=1S/C24H39N5O5Si2/c1-10-24-18(32-23(20(24)30)29-13-28-19-21(25)26-12-27-22(19)29)11-31-35(14(2)3,15(4)5)34-36(33-24,16(6)7)17(8)9/h1,12-18,20,23,30H,11H2,2-9H3,(H2,25,26,27)/t18-,20+,23-,24-/m1/s1. The van der Waals surface area contributed by atoms with Gasteiger partial charge in [0.1, 0.15) is 24.1 Å². The summed E-state index contributed by atoms with van der Waals surface area (Å²) in [5, 5.41) is 11.8. The topological polar surface area (TPSA) is 127 Å². The summed E-state index contributed by atoms with van der Waals surface area (Å²) in [4.78, 5) is 12.7. The van der Waals surface area contributed by atoms with Crippen molar-refractivity contribution in [3.8, 4) is 12.3 Å². The van der Waals surface area contributed by atoms with Crippen LogP contribution in [0.1, 0.15) is 61.6 Å². The van der Waals surface area contributed by atoms with Gasteiger partial charge in [0, 0.05) is 0 Å². The summed E-state index contributed by atoms with van der Waals surface area (Å²) >= 11 is 0. The first-order chi connectivity index (χ1) is 16.9. The Balaban J connectivity index is 1.87. The molecule has 10 nitrogen and oxygen atoms in total. The van der Waals surface area contributed by atoms with E-state index in [1.54, 1.807) is 4.57 Å². The van der Waals surface area contributed by atoms with Crippen LogP contribution in [0.4, 0.5) is 5.82 Å². The molecule has 2 fully saturated rings. The normalized spacial score (nSPS) is 30.1. The second kappa shape index (κ2) is 9.47. The first-order valence-electron chi connectivity index (χ1n) is 12.6. The van der Waals surface area contributed by atoms with Gasteiger partial charge in [0.25, 0.3) is 0 Å². The average Bonchev–Trinajstić information content (AvgIpc) is 3.33. The molecule has 0 amide bonds. The molecule has 4 atom stereocenters. The number of aliphatic hydroxyl groups is 1. The molecule has 0 bridgehead atoms. The predicted octanol–water partition coefficient (Wildman–Crippen LogP) is 3.63. The van der Waals surface area contributed by atoms with Crippen LogP contribution in [-0.4, -0.2) is 66.2 Å². The van der Waals surface area contributed by atoms with Crippen LogP contribution in [0.5, 0.6) is 0 Å². The third kappa shape index (κ3) is 3.84. The first-order valence-corrected chi connectivity index (χ1v) is 16.6. The maximum absolute atomic E-state index is 11.8. The van der Waals surface area contributed by atoms with Crippen molar-refractivity contribution in [1.82, 2.24) is 19.5 Å². The van der Waals surface area contributed by atoms with Crippen LogP contribution in [0.3, 0.4) is 0 Å². The Morgan fingerprint density at radius 3 is 2.22 bits per heavy atom. The molecule has 0 aliphatic carbocycles. The van der Waals surface area contributed by atoms with Crippen LogP contribution < -0.4 is 5.73 Å². The highest BCUT2D eigenvalue weighted by molar-refractivity contribution is 6.84. The summed E-state index contributed by atoms with van der Waals surface area (Å²) in [5.74, 6) is 3.04. The van der Waals surface area contributed by atoms with Gasteiger partial charge in [-0.1, -0.05) is 61.3 Å². The van der Waals surface area contributed by atoms with Crippen LogP contribution in [0.25, 0.3) is 11.2 Å². The quantitative estimate of drug-likeness (QED) is 0.437. The lowest BCUT2D eigenvalue weighted by Gasteiger charge is -2.53. The zero-order chi connectivity index (χ0) is 26.6. The number of aliphatic hydroxyl groups excluding tert-OH is 1. The van der Waals surface area contributed by atoms with E-state index in [0.717, 1.165) is 0 Å². The molecule has 3 N–H and O–H groups in total. The summed E-state index contributed by atoms with van der Waals surface area (Å²) in [6, 6.07) is 0. The van der Waals surface area contributed by atoms with Gasteiger partial charge < -0.3 is 28.5 Å². The molecule has 2 aromatic rings. The molecule has 0 saturated carbocycles. The number of nitrogens with zero attached hydrogens (tertiary/aromatic N) is 4. The van der Waals surface area contributed by atoms with E-state index in [9.17, 15) is 5.11 Å². The molecule has 12 heteroatoms. The van der Waals surface area contributed by atoms with Gasteiger partial charge in [-0.3, -0.25) is 4.57 Å². The Bertz CT molecular complexity index is 1130. The number of fused-ring (bicyclic) bond motifs is 2. The molecule has 36 heavy (non-hydrogen) atoms.